The van der Waals surface area contributed by atoms with Crippen LogP contribution in [0.5, 0.6) is 0 Å². The van der Waals surface area contributed by atoms with Crippen molar-refractivity contribution in [3.8, 4) is 16.8 Å². The monoisotopic (exact) mass is 518 g/mol. The fourth-order valence-electron chi connectivity index (χ4n) is 4.68. The fraction of sp³-hybridized carbons (Fsp3) is 0.226. The van der Waals surface area contributed by atoms with Crippen LogP contribution in [-0.4, -0.2) is 36.5 Å². The highest BCUT2D eigenvalue weighted by atomic mass is 15.1. The minimum Gasteiger partial charge on any atom is -0.388 e. The summed E-state index contributed by atoms with van der Waals surface area (Å²) in [5.41, 5.74) is 10.1. The van der Waals surface area contributed by atoms with Crippen molar-refractivity contribution in [2.24, 2.45) is 5.41 Å². The Morgan fingerprint density at radius 1 is 1.03 bits per heavy atom. The maximum absolute atomic E-state index is 4.92. The van der Waals surface area contributed by atoms with Gasteiger partial charge in [0, 0.05) is 47.5 Å². The maximum atomic E-state index is 4.92. The normalized spacial score (nSPS) is 11.5. The molecule has 0 fully saturated rings. The number of aryl methyl sites for hydroxylation is 1. The summed E-state index contributed by atoms with van der Waals surface area (Å²) in [5.74, 6) is 0.678. The van der Waals surface area contributed by atoms with Gasteiger partial charge in [-0.3, -0.25) is 9.97 Å². The Hall–Kier alpha value is -4.72. The first-order valence-electron chi connectivity index (χ1n) is 12.9. The Bertz CT molecular complexity index is 1680. The molecule has 0 aliphatic rings. The van der Waals surface area contributed by atoms with Crippen LogP contribution in [0.25, 0.3) is 33.4 Å². The molecule has 0 unspecified atom stereocenters. The van der Waals surface area contributed by atoms with Crippen LogP contribution in [0.4, 0.5) is 11.4 Å². The molecule has 8 heteroatoms. The molecule has 0 aliphatic heterocycles. The third-order valence-electron chi connectivity index (χ3n) is 6.40. The van der Waals surface area contributed by atoms with E-state index in [2.05, 4.69) is 88.8 Å². The number of fused-ring (bicyclic) bond motifs is 1. The smallest absolute Gasteiger partial charge is 0.138 e. The molecule has 5 aromatic rings. The van der Waals surface area contributed by atoms with Gasteiger partial charge in [0.1, 0.15) is 11.3 Å². The van der Waals surface area contributed by atoms with E-state index >= 15 is 0 Å². The SMILES string of the molecule is C=C(CC(C)(C)C)Nc1cncc(-c2ccc(NC)c(C(=C)c3nc4c(-n5cnc(C)c5)cncc4[nH]3)c2)c1. The lowest BCUT2D eigenvalue weighted by atomic mass is 9.91. The lowest BCUT2D eigenvalue weighted by Crippen LogP contribution is -2.10. The molecule has 8 nitrogen and oxygen atoms in total. The number of H-pyrrole nitrogens is 1. The Labute approximate surface area is 229 Å². The van der Waals surface area contributed by atoms with Gasteiger partial charge < -0.3 is 20.2 Å². The van der Waals surface area contributed by atoms with E-state index in [0.717, 1.165) is 68.2 Å². The van der Waals surface area contributed by atoms with Crippen molar-refractivity contribution < 1.29 is 0 Å². The van der Waals surface area contributed by atoms with Crippen molar-refractivity contribution in [2.75, 3.05) is 17.7 Å². The lowest BCUT2D eigenvalue weighted by molar-refractivity contribution is 0.411. The molecule has 4 aromatic heterocycles. The Morgan fingerprint density at radius 3 is 2.54 bits per heavy atom. The first-order chi connectivity index (χ1) is 18.6. The first-order valence-corrected chi connectivity index (χ1v) is 12.9. The molecule has 0 radical (unpaired) electrons. The molecule has 0 aliphatic carbocycles. The van der Waals surface area contributed by atoms with Crippen molar-refractivity contribution in [3.05, 3.63) is 97.5 Å². The summed E-state index contributed by atoms with van der Waals surface area (Å²) in [5, 5.41) is 6.71. The zero-order valence-corrected chi connectivity index (χ0v) is 23.1. The number of hydrogen-bond acceptors (Lipinski definition) is 6. The third kappa shape index (κ3) is 5.60. The predicted molar refractivity (Wildman–Crippen MR) is 160 cm³/mol. The van der Waals surface area contributed by atoms with Crippen LogP contribution >= 0.6 is 0 Å². The zero-order valence-electron chi connectivity index (χ0n) is 23.1. The summed E-state index contributed by atoms with van der Waals surface area (Å²) in [6.07, 6.45) is 11.9. The van der Waals surface area contributed by atoms with E-state index in [0.29, 0.717) is 5.82 Å². The zero-order chi connectivity index (χ0) is 27.7. The van der Waals surface area contributed by atoms with E-state index in [1.807, 2.05) is 37.1 Å². The highest BCUT2D eigenvalue weighted by Gasteiger charge is 2.17. The van der Waals surface area contributed by atoms with Crippen molar-refractivity contribution in [1.29, 1.82) is 0 Å². The predicted octanol–water partition coefficient (Wildman–Crippen LogP) is 6.98. The van der Waals surface area contributed by atoms with Gasteiger partial charge in [-0.25, -0.2) is 9.97 Å². The summed E-state index contributed by atoms with van der Waals surface area (Å²) in [4.78, 5) is 21.6. The average Bonchev–Trinajstić information content (AvgIpc) is 3.53. The van der Waals surface area contributed by atoms with Gasteiger partial charge in [-0.05, 0) is 42.5 Å². The van der Waals surface area contributed by atoms with Gasteiger partial charge in [-0.1, -0.05) is 40.0 Å². The van der Waals surface area contributed by atoms with Gasteiger partial charge >= 0.3 is 0 Å². The number of imidazole rings is 2. The number of aromatic amines is 1. The minimum absolute atomic E-state index is 0.151. The van der Waals surface area contributed by atoms with Crippen LogP contribution in [0, 0.1) is 12.3 Å². The van der Waals surface area contributed by atoms with E-state index in [1.165, 1.54) is 0 Å². The second-order valence-corrected chi connectivity index (χ2v) is 11.0. The summed E-state index contributed by atoms with van der Waals surface area (Å²) in [6.45, 7) is 17.2. The molecule has 39 heavy (non-hydrogen) atoms. The molecule has 1 aromatic carbocycles. The molecule has 0 saturated heterocycles. The number of anilines is 2. The van der Waals surface area contributed by atoms with Gasteiger partial charge in [0.15, 0.2) is 0 Å². The molecule has 198 valence electrons. The number of hydrogen-bond donors (Lipinski definition) is 3. The highest BCUT2D eigenvalue weighted by molar-refractivity contribution is 5.90. The number of rotatable bonds is 8. The van der Waals surface area contributed by atoms with Gasteiger partial charge in [0.05, 0.1) is 47.5 Å². The van der Waals surface area contributed by atoms with Crippen molar-refractivity contribution in [3.63, 3.8) is 0 Å². The molecular weight excluding hydrogens is 484 g/mol. The molecule has 4 heterocycles. The molecule has 0 spiro atoms. The maximum Gasteiger partial charge on any atom is 0.138 e. The van der Waals surface area contributed by atoms with Crippen LogP contribution < -0.4 is 10.6 Å². The van der Waals surface area contributed by atoms with Crippen LogP contribution in [-0.2, 0) is 0 Å². The van der Waals surface area contributed by atoms with E-state index in [1.54, 1.807) is 18.7 Å². The van der Waals surface area contributed by atoms with Crippen LogP contribution in [0.2, 0.25) is 0 Å². The molecule has 5 rings (SSSR count). The number of nitrogens with one attached hydrogen (secondary N) is 3. The van der Waals surface area contributed by atoms with Gasteiger partial charge in [0.25, 0.3) is 0 Å². The number of benzene rings is 1. The average molecular weight is 519 g/mol. The summed E-state index contributed by atoms with van der Waals surface area (Å²) < 4.78 is 1.93. The highest BCUT2D eigenvalue weighted by Crippen LogP contribution is 2.34. The van der Waals surface area contributed by atoms with Gasteiger partial charge in [-0.15, -0.1) is 0 Å². The largest absolute Gasteiger partial charge is 0.388 e. The van der Waals surface area contributed by atoms with Crippen LogP contribution in [0.3, 0.4) is 0 Å². The molecule has 0 bridgehead atoms. The third-order valence-corrected chi connectivity index (χ3v) is 6.40. The second kappa shape index (κ2) is 10.2. The number of allylic oxidation sites excluding steroid dienone is 1. The van der Waals surface area contributed by atoms with E-state index in [9.17, 15) is 0 Å². The molecule has 0 amide bonds. The Balaban J connectivity index is 1.48. The van der Waals surface area contributed by atoms with E-state index < -0.39 is 0 Å². The number of aromatic nitrogens is 6. The van der Waals surface area contributed by atoms with Crippen molar-refractivity contribution in [1.82, 2.24) is 29.5 Å². The Kier molecular flexibility index (Phi) is 6.78. The summed E-state index contributed by atoms with van der Waals surface area (Å²) in [7, 11) is 1.90. The lowest BCUT2D eigenvalue weighted by Gasteiger charge is -2.20. The quantitative estimate of drug-likeness (QED) is 0.205. The summed E-state index contributed by atoms with van der Waals surface area (Å²) >= 11 is 0. The Morgan fingerprint density at radius 2 is 1.82 bits per heavy atom. The van der Waals surface area contributed by atoms with Crippen LogP contribution in [0.1, 0.15) is 44.3 Å². The minimum atomic E-state index is 0.151. The van der Waals surface area contributed by atoms with Crippen molar-refractivity contribution in [2.45, 2.75) is 34.1 Å². The first kappa shape index (κ1) is 25.9. The number of pyridine rings is 2. The fourth-order valence-corrected chi connectivity index (χ4v) is 4.68. The standard InChI is InChI=1S/C31H34N8/c1-19(12-31(4,5)6)36-24-10-23(13-33-14-24)22-8-9-26(32-7)25(11-22)21(3)30-37-27-15-34-16-28(29(27)38-30)39-17-20(2)35-18-39/h8-11,13-18,32,36H,1,3,12H2,2,4-7H3,(H,37,38). The van der Waals surface area contributed by atoms with Gasteiger partial charge in [0.2, 0.25) is 0 Å². The van der Waals surface area contributed by atoms with Gasteiger partial charge in [-0.2, -0.15) is 0 Å². The van der Waals surface area contributed by atoms with E-state index in [4.69, 9.17) is 4.98 Å². The summed E-state index contributed by atoms with van der Waals surface area (Å²) in [6, 6.07) is 8.34. The topological polar surface area (TPSA) is 96.3 Å². The second-order valence-electron chi connectivity index (χ2n) is 11.0. The van der Waals surface area contributed by atoms with Crippen LogP contribution in [0.15, 0.2) is 80.4 Å². The number of nitrogens with zero attached hydrogens (tertiary/aromatic N) is 5. The molecular formula is C31H34N8. The molecule has 0 atom stereocenters. The van der Waals surface area contributed by atoms with Crippen molar-refractivity contribution >= 4 is 28.0 Å². The molecule has 0 saturated carbocycles. The van der Waals surface area contributed by atoms with E-state index in [-0.39, 0.29) is 5.41 Å². The molecule has 3 N–H and O–H groups in total.